The number of oxime groups is 1. The maximum atomic E-state index is 11.6. The lowest BCUT2D eigenvalue weighted by atomic mass is 10.2. The summed E-state index contributed by atoms with van der Waals surface area (Å²) in [5.74, 6) is 0.143. The molecule has 1 aromatic carbocycles. The second-order valence-electron chi connectivity index (χ2n) is 3.90. The van der Waals surface area contributed by atoms with Crippen molar-refractivity contribution in [2.75, 3.05) is 0 Å². The van der Waals surface area contributed by atoms with Crippen molar-refractivity contribution in [1.82, 2.24) is 0 Å². The number of hydrogen-bond acceptors (Lipinski definition) is 4. The number of ketones is 1. The molecule has 0 aliphatic rings. The molecule has 20 heavy (non-hydrogen) atoms. The van der Waals surface area contributed by atoms with Crippen molar-refractivity contribution < 1.29 is 14.0 Å². The van der Waals surface area contributed by atoms with E-state index in [1.165, 1.54) is 12.5 Å². The molecule has 2 rings (SSSR count). The summed E-state index contributed by atoms with van der Waals surface area (Å²) in [5, 5.41) is 4.78. The molecule has 0 N–H and O–H groups in total. The minimum atomic E-state index is -0.160. The molecule has 104 valence electrons. The molecule has 1 aromatic heterocycles. The number of carbonyl (C=O) groups excluding carboxylic acids is 1. The summed E-state index contributed by atoms with van der Waals surface area (Å²) in [6, 6.07) is 8.37. The zero-order valence-corrected chi connectivity index (χ0v) is 11.9. The van der Waals surface area contributed by atoms with Gasteiger partial charge in [0.15, 0.2) is 5.76 Å². The SMILES string of the molecule is O=C(C/C=N\OCc1ccc(Cl)cc1Cl)c1ccco1. The van der Waals surface area contributed by atoms with Gasteiger partial charge in [-0.3, -0.25) is 4.79 Å². The van der Waals surface area contributed by atoms with Crippen LogP contribution in [0.4, 0.5) is 0 Å². The van der Waals surface area contributed by atoms with Gasteiger partial charge >= 0.3 is 0 Å². The predicted octanol–water partition coefficient (Wildman–Crippen LogP) is 4.36. The molecule has 0 saturated carbocycles. The maximum absolute atomic E-state index is 11.6. The van der Waals surface area contributed by atoms with E-state index < -0.39 is 0 Å². The van der Waals surface area contributed by atoms with Crippen LogP contribution < -0.4 is 0 Å². The number of furan rings is 1. The fourth-order valence-corrected chi connectivity index (χ4v) is 1.92. The number of hydrogen-bond donors (Lipinski definition) is 0. The second kappa shape index (κ2) is 7.12. The highest BCUT2D eigenvalue weighted by Gasteiger charge is 2.06. The number of rotatable bonds is 6. The Morgan fingerprint density at radius 3 is 2.90 bits per heavy atom. The summed E-state index contributed by atoms with van der Waals surface area (Å²) in [6.45, 7) is 0.210. The standard InChI is InChI=1S/C14H11Cl2NO3/c15-11-4-3-10(12(16)8-11)9-20-17-6-5-13(18)14-2-1-7-19-14/h1-4,6-8H,5,9H2/b17-6-. The summed E-state index contributed by atoms with van der Waals surface area (Å²) >= 11 is 11.8. The molecule has 1 heterocycles. The molecule has 0 saturated heterocycles. The summed E-state index contributed by atoms with van der Waals surface area (Å²) < 4.78 is 4.97. The van der Waals surface area contributed by atoms with E-state index in [0.717, 1.165) is 5.56 Å². The average Bonchev–Trinajstić information content (AvgIpc) is 2.94. The molecule has 0 bridgehead atoms. The van der Waals surface area contributed by atoms with Crippen molar-refractivity contribution in [3.63, 3.8) is 0 Å². The van der Waals surface area contributed by atoms with Crippen molar-refractivity contribution in [2.45, 2.75) is 13.0 Å². The highest BCUT2D eigenvalue weighted by atomic mass is 35.5. The normalized spacial score (nSPS) is 10.9. The molecular weight excluding hydrogens is 301 g/mol. The van der Waals surface area contributed by atoms with Gasteiger partial charge in [0.1, 0.15) is 6.61 Å². The van der Waals surface area contributed by atoms with Crippen molar-refractivity contribution in [1.29, 1.82) is 0 Å². The lowest BCUT2D eigenvalue weighted by Gasteiger charge is -2.02. The average molecular weight is 312 g/mol. The molecule has 0 aliphatic carbocycles. The molecule has 0 spiro atoms. The molecule has 4 nitrogen and oxygen atoms in total. The Morgan fingerprint density at radius 1 is 1.35 bits per heavy atom. The van der Waals surface area contributed by atoms with Gasteiger partial charge in [-0.05, 0) is 24.3 Å². The fraction of sp³-hybridized carbons (Fsp3) is 0.143. The third-order valence-electron chi connectivity index (χ3n) is 2.46. The van der Waals surface area contributed by atoms with Gasteiger partial charge in [0, 0.05) is 15.6 Å². The Balaban J connectivity index is 1.78. The molecule has 0 aliphatic heterocycles. The Morgan fingerprint density at radius 2 is 2.20 bits per heavy atom. The smallest absolute Gasteiger partial charge is 0.203 e. The first-order valence-electron chi connectivity index (χ1n) is 5.81. The minimum Gasteiger partial charge on any atom is -0.461 e. The van der Waals surface area contributed by atoms with Crippen molar-refractivity contribution in [3.05, 3.63) is 58.0 Å². The van der Waals surface area contributed by atoms with Gasteiger partial charge in [-0.2, -0.15) is 0 Å². The third kappa shape index (κ3) is 4.11. The number of halogens is 2. The fourth-order valence-electron chi connectivity index (χ4n) is 1.46. The van der Waals surface area contributed by atoms with Crippen LogP contribution in [-0.4, -0.2) is 12.0 Å². The number of Topliss-reactive ketones (excluding diaryl/α,β-unsaturated/α-hetero) is 1. The predicted molar refractivity (Wildman–Crippen MR) is 77.4 cm³/mol. The van der Waals surface area contributed by atoms with Gasteiger partial charge in [-0.1, -0.05) is 34.4 Å². The van der Waals surface area contributed by atoms with Crippen LogP contribution in [0.25, 0.3) is 0 Å². The van der Waals surface area contributed by atoms with E-state index in [4.69, 9.17) is 32.5 Å². The van der Waals surface area contributed by atoms with Crippen LogP contribution in [-0.2, 0) is 11.4 Å². The molecule has 6 heteroatoms. The molecule has 0 fully saturated rings. The first kappa shape index (κ1) is 14.6. The summed E-state index contributed by atoms with van der Waals surface area (Å²) in [5.41, 5.74) is 0.769. The van der Waals surface area contributed by atoms with Gasteiger partial charge in [-0.25, -0.2) is 0 Å². The second-order valence-corrected chi connectivity index (χ2v) is 4.75. The molecule has 0 unspecified atom stereocenters. The van der Waals surface area contributed by atoms with E-state index in [0.29, 0.717) is 15.8 Å². The lowest BCUT2D eigenvalue weighted by molar-refractivity contribution is 0.0970. The van der Waals surface area contributed by atoms with Crippen molar-refractivity contribution in [3.8, 4) is 0 Å². The van der Waals surface area contributed by atoms with Gasteiger partial charge in [-0.15, -0.1) is 0 Å². The topological polar surface area (TPSA) is 51.8 Å². The van der Waals surface area contributed by atoms with Crippen LogP contribution in [0, 0.1) is 0 Å². The monoisotopic (exact) mass is 311 g/mol. The summed E-state index contributed by atoms with van der Waals surface area (Å²) in [7, 11) is 0. The number of carbonyl (C=O) groups is 1. The minimum absolute atomic E-state index is 0.113. The van der Waals surface area contributed by atoms with E-state index in [-0.39, 0.29) is 18.8 Å². The molecule has 2 aromatic rings. The van der Waals surface area contributed by atoms with Gasteiger partial charge in [0.25, 0.3) is 0 Å². The molecular formula is C14H11Cl2NO3. The lowest BCUT2D eigenvalue weighted by Crippen LogP contribution is -1.98. The first-order chi connectivity index (χ1) is 9.66. The van der Waals surface area contributed by atoms with Crippen LogP contribution in [0.5, 0.6) is 0 Å². The van der Waals surface area contributed by atoms with Crippen LogP contribution >= 0.6 is 23.2 Å². The quantitative estimate of drug-likeness (QED) is 0.452. The number of benzene rings is 1. The summed E-state index contributed by atoms with van der Waals surface area (Å²) in [4.78, 5) is 16.6. The van der Waals surface area contributed by atoms with Crippen LogP contribution in [0.3, 0.4) is 0 Å². The molecule has 0 amide bonds. The Hall–Kier alpha value is -1.78. The Kier molecular flexibility index (Phi) is 5.21. The molecule has 0 atom stereocenters. The van der Waals surface area contributed by atoms with E-state index >= 15 is 0 Å². The summed E-state index contributed by atoms with van der Waals surface area (Å²) in [6.07, 6.45) is 2.94. The van der Waals surface area contributed by atoms with Gasteiger partial charge in [0.05, 0.1) is 18.9 Å². The van der Waals surface area contributed by atoms with Crippen LogP contribution in [0.15, 0.2) is 46.2 Å². The van der Waals surface area contributed by atoms with E-state index in [9.17, 15) is 4.79 Å². The van der Waals surface area contributed by atoms with Crippen LogP contribution in [0.2, 0.25) is 10.0 Å². The Bertz CT molecular complexity index is 609. The van der Waals surface area contributed by atoms with Crippen molar-refractivity contribution >= 4 is 35.2 Å². The van der Waals surface area contributed by atoms with Gasteiger partial charge in [0.2, 0.25) is 5.78 Å². The highest BCUT2D eigenvalue weighted by Crippen LogP contribution is 2.21. The zero-order valence-electron chi connectivity index (χ0n) is 10.4. The van der Waals surface area contributed by atoms with E-state index in [1.807, 2.05) is 0 Å². The molecule has 0 radical (unpaired) electrons. The third-order valence-corrected chi connectivity index (χ3v) is 3.04. The van der Waals surface area contributed by atoms with E-state index in [1.54, 1.807) is 30.3 Å². The number of nitrogens with zero attached hydrogens (tertiary/aromatic N) is 1. The zero-order chi connectivity index (χ0) is 14.4. The maximum Gasteiger partial charge on any atom is 0.203 e. The largest absolute Gasteiger partial charge is 0.461 e. The van der Waals surface area contributed by atoms with E-state index in [2.05, 4.69) is 5.16 Å². The first-order valence-corrected chi connectivity index (χ1v) is 6.57. The van der Waals surface area contributed by atoms with Gasteiger partial charge < -0.3 is 9.25 Å². The Labute approximate surface area is 125 Å². The van der Waals surface area contributed by atoms with Crippen LogP contribution in [0.1, 0.15) is 22.5 Å². The van der Waals surface area contributed by atoms with Crippen molar-refractivity contribution in [2.24, 2.45) is 5.16 Å². The highest BCUT2D eigenvalue weighted by molar-refractivity contribution is 6.35.